The van der Waals surface area contributed by atoms with Crippen molar-refractivity contribution in [3.63, 3.8) is 0 Å². The van der Waals surface area contributed by atoms with E-state index < -0.39 is 0 Å². The average Bonchev–Trinajstić information content (AvgIpc) is 3.47. The van der Waals surface area contributed by atoms with Crippen LogP contribution in [-0.2, 0) is 6.61 Å². The molecule has 9 heteroatoms. The summed E-state index contributed by atoms with van der Waals surface area (Å²) in [6, 6.07) is 15.0. The Morgan fingerprint density at radius 3 is 2.79 bits per heavy atom. The summed E-state index contributed by atoms with van der Waals surface area (Å²) in [5, 5.41) is 13.6. The summed E-state index contributed by atoms with van der Waals surface area (Å²) in [5.41, 5.74) is 0. The summed E-state index contributed by atoms with van der Waals surface area (Å²) in [6.45, 7) is 2.38. The molecule has 0 bridgehead atoms. The van der Waals surface area contributed by atoms with Crippen molar-refractivity contribution < 1.29 is 13.6 Å². The lowest BCUT2D eigenvalue weighted by molar-refractivity contribution is 0.270. The topological polar surface area (TPSA) is 78.6 Å². The molecule has 0 amide bonds. The van der Waals surface area contributed by atoms with Gasteiger partial charge in [0.2, 0.25) is 11.0 Å². The molecule has 148 valence electrons. The van der Waals surface area contributed by atoms with Crippen molar-refractivity contribution in [1.82, 2.24) is 14.9 Å². The maximum atomic E-state index is 5.79. The Morgan fingerprint density at radius 2 is 2.03 bits per heavy atom. The lowest BCUT2D eigenvalue weighted by Gasteiger charge is -2.03. The van der Waals surface area contributed by atoms with Crippen LogP contribution in [0.2, 0.25) is 0 Å². The molecule has 4 aromatic rings. The summed E-state index contributed by atoms with van der Waals surface area (Å²) in [5.74, 6) is 4.06. The Kier molecular flexibility index (Phi) is 6.16. The minimum absolute atomic E-state index is 0.330. The third kappa shape index (κ3) is 4.80. The molecule has 0 atom stereocenters. The standard InChI is InChI=1S/C20H17BrN4O3S/c1-2-29-20-24-23-19(18-4-3-11-26-18)25(20)22-12-16-9-10-17(28-16)13-27-15-7-5-14(21)6-8-15/h3-12H,2,13H2,1H3/b22-12+. The number of nitrogens with zero attached hydrogens (tertiary/aromatic N) is 4. The summed E-state index contributed by atoms with van der Waals surface area (Å²) in [4.78, 5) is 0. The molecular weight excluding hydrogens is 456 g/mol. The first-order valence-corrected chi connectivity index (χ1v) is 10.6. The lowest BCUT2D eigenvalue weighted by atomic mass is 10.3. The van der Waals surface area contributed by atoms with E-state index in [9.17, 15) is 0 Å². The SMILES string of the molecule is CCSc1nnc(-c2ccco2)n1/N=C/c1ccc(COc2ccc(Br)cc2)o1. The number of rotatable bonds is 8. The first kappa shape index (κ1) is 19.5. The molecule has 0 aliphatic rings. The van der Waals surface area contributed by atoms with Crippen LogP contribution in [0.5, 0.6) is 5.75 Å². The van der Waals surface area contributed by atoms with Crippen molar-refractivity contribution in [3.05, 3.63) is 70.8 Å². The normalized spacial score (nSPS) is 11.4. The van der Waals surface area contributed by atoms with E-state index in [0.717, 1.165) is 16.0 Å². The number of furan rings is 2. The van der Waals surface area contributed by atoms with Crippen molar-refractivity contribution in [1.29, 1.82) is 0 Å². The van der Waals surface area contributed by atoms with Crippen LogP contribution in [0.4, 0.5) is 0 Å². The fourth-order valence-electron chi connectivity index (χ4n) is 2.49. The number of hydrogen-bond acceptors (Lipinski definition) is 7. The van der Waals surface area contributed by atoms with Gasteiger partial charge in [-0.25, -0.2) is 0 Å². The number of thioether (sulfide) groups is 1. The Balaban J connectivity index is 1.48. The summed E-state index contributed by atoms with van der Waals surface area (Å²) < 4.78 is 19.6. The maximum Gasteiger partial charge on any atom is 0.221 e. The van der Waals surface area contributed by atoms with Crippen LogP contribution < -0.4 is 4.74 Å². The molecule has 0 saturated heterocycles. The van der Waals surface area contributed by atoms with Crippen molar-refractivity contribution in [2.24, 2.45) is 5.10 Å². The minimum atomic E-state index is 0.330. The van der Waals surface area contributed by atoms with Gasteiger partial charge in [-0.05, 0) is 54.3 Å². The lowest BCUT2D eigenvalue weighted by Crippen LogP contribution is -1.96. The third-order valence-corrected chi connectivity index (χ3v) is 5.13. The van der Waals surface area contributed by atoms with Gasteiger partial charge in [0.15, 0.2) is 5.76 Å². The van der Waals surface area contributed by atoms with Gasteiger partial charge in [0.1, 0.15) is 23.9 Å². The van der Waals surface area contributed by atoms with E-state index in [1.54, 1.807) is 35.0 Å². The quantitative estimate of drug-likeness (QED) is 0.250. The fourth-order valence-corrected chi connectivity index (χ4v) is 3.37. The van der Waals surface area contributed by atoms with E-state index in [2.05, 4.69) is 31.2 Å². The molecule has 3 heterocycles. The van der Waals surface area contributed by atoms with Crippen LogP contribution in [0.3, 0.4) is 0 Å². The highest BCUT2D eigenvalue weighted by Gasteiger charge is 2.15. The smallest absolute Gasteiger partial charge is 0.221 e. The van der Waals surface area contributed by atoms with E-state index in [0.29, 0.717) is 34.9 Å². The Labute approximate surface area is 179 Å². The zero-order chi connectivity index (χ0) is 20.1. The number of halogens is 1. The predicted octanol–water partition coefficient (Wildman–Crippen LogP) is 5.47. The van der Waals surface area contributed by atoms with Crippen LogP contribution in [0.25, 0.3) is 11.6 Å². The molecule has 0 aliphatic heterocycles. The molecule has 4 rings (SSSR count). The molecule has 29 heavy (non-hydrogen) atoms. The molecule has 0 radical (unpaired) electrons. The van der Waals surface area contributed by atoms with E-state index in [4.69, 9.17) is 13.6 Å². The summed E-state index contributed by atoms with van der Waals surface area (Å²) in [6.07, 6.45) is 3.22. The van der Waals surface area contributed by atoms with E-state index in [-0.39, 0.29) is 0 Å². The molecule has 3 aromatic heterocycles. The monoisotopic (exact) mass is 472 g/mol. The average molecular weight is 473 g/mol. The van der Waals surface area contributed by atoms with Crippen LogP contribution >= 0.6 is 27.7 Å². The maximum absolute atomic E-state index is 5.79. The first-order valence-electron chi connectivity index (χ1n) is 8.86. The largest absolute Gasteiger partial charge is 0.486 e. The van der Waals surface area contributed by atoms with Gasteiger partial charge in [0.25, 0.3) is 0 Å². The molecule has 0 fully saturated rings. The Hall–Kier alpha value is -2.78. The molecule has 7 nitrogen and oxygen atoms in total. The molecule has 0 unspecified atom stereocenters. The van der Waals surface area contributed by atoms with Gasteiger partial charge in [-0.3, -0.25) is 0 Å². The molecule has 0 aliphatic carbocycles. The van der Waals surface area contributed by atoms with Crippen LogP contribution in [0.1, 0.15) is 18.4 Å². The molecule has 1 aromatic carbocycles. The fraction of sp³-hybridized carbons (Fsp3) is 0.150. The second kappa shape index (κ2) is 9.15. The van der Waals surface area contributed by atoms with Gasteiger partial charge in [-0.2, -0.15) is 9.78 Å². The second-order valence-corrected chi connectivity index (χ2v) is 7.97. The molecule has 0 spiro atoms. The number of benzene rings is 1. The third-order valence-electron chi connectivity index (χ3n) is 3.80. The number of ether oxygens (including phenoxy) is 1. The van der Waals surface area contributed by atoms with Gasteiger partial charge in [0, 0.05) is 4.47 Å². The molecule has 0 saturated carbocycles. The Bertz CT molecular complexity index is 1090. The highest BCUT2D eigenvalue weighted by atomic mass is 79.9. The van der Waals surface area contributed by atoms with Gasteiger partial charge in [-0.1, -0.05) is 34.6 Å². The first-order chi connectivity index (χ1) is 14.2. The molecule has 0 N–H and O–H groups in total. The van der Waals surface area contributed by atoms with Crippen molar-refractivity contribution in [3.8, 4) is 17.3 Å². The van der Waals surface area contributed by atoms with E-state index >= 15 is 0 Å². The van der Waals surface area contributed by atoms with Gasteiger partial charge >= 0.3 is 0 Å². The van der Waals surface area contributed by atoms with Crippen LogP contribution in [-0.4, -0.2) is 26.8 Å². The highest BCUT2D eigenvalue weighted by molar-refractivity contribution is 9.10. The van der Waals surface area contributed by atoms with Crippen LogP contribution in [0, 0.1) is 0 Å². The summed E-state index contributed by atoms with van der Waals surface area (Å²) >= 11 is 4.95. The van der Waals surface area contributed by atoms with Gasteiger partial charge in [0.05, 0.1) is 12.5 Å². The summed E-state index contributed by atoms with van der Waals surface area (Å²) in [7, 11) is 0. The van der Waals surface area contributed by atoms with Gasteiger partial charge in [-0.15, -0.1) is 10.2 Å². The number of hydrogen-bond donors (Lipinski definition) is 0. The highest BCUT2D eigenvalue weighted by Crippen LogP contribution is 2.24. The molecular formula is C20H17BrN4O3S. The van der Waals surface area contributed by atoms with Crippen molar-refractivity contribution in [2.45, 2.75) is 18.7 Å². The zero-order valence-electron chi connectivity index (χ0n) is 15.5. The number of aromatic nitrogens is 3. The Morgan fingerprint density at radius 1 is 1.17 bits per heavy atom. The zero-order valence-corrected chi connectivity index (χ0v) is 17.9. The van der Waals surface area contributed by atoms with E-state index in [1.807, 2.05) is 49.4 Å². The second-order valence-electron chi connectivity index (χ2n) is 5.82. The van der Waals surface area contributed by atoms with Gasteiger partial charge < -0.3 is 13.6 Å². The predicted molar refractivity (Wildman–Crippen MR) is 114 cm³/mol. The minimum Gasteiger partial charge on any atom is -0.486 e. The van der Waals surface area contributed by atoms with Crippen molar-refractivity contribution >= 4 is 33.9 Å². The van der Waals surface area contributed by atoms with Crippen LogP contribution in [0.15, 0.2) is 78.4 Å². The van der Waals surface area contributed by atoms with Crippen molar-refractivity contribution in [2.75, 3.05) is 5.75 Å². The van der Waals surface area contributed by atoms with E-state index in [1.165, 1.54) is 0 Å².